The molecule has 1 N–H and O–H groups in total. The Kier molecular flexibility index (Phi) is 2.13. The molecular weight excluding hydrogens is 224 g/mol. The maximum Gasteiger partial charge on any atom is 0.323 e. The lowest BCUT2D eigenvalue weighted by Crippen LogP contribution is -2.32. The second-order valence-corrected chi connectivity index (χ2v) is 3.97. The summed E-state index contributed by atoms with van der Waals surface area (Å²) in [5.74, 6) is -0.273. The highest BCUT2D eigenvalue weighted by Crippen LogP contribution is 2.30. The summed E-state index contributed by atoms with van der Waals surface area (Å²) in [6.45, 7) is -0.0503. The summed E-state index contributed by atoms with van der Waals surface area (Å²) >= 11 is 0. The smallest absolute Gasteiger partial charge is 0.323 e. The van der Waals surface area contributed by atoms with Gasteiger partial charge in [0.25, 0.3) is 0 Å². The third kappa shape index (κ3) is 1.88. The number of tetrazole rings is 1. The van der Waals surface area contributed by atoms with Gasteiger partial charge in [0.05, 0.1) is 0 Å². The minimum absolute atomic E-state index is 0.0503. The van der Waals surface area contributed by atoms with E-state index in [1.807, 2.05) is 0 Å². The Morgan fingerprint density at radius 2 is 2.35 bits per heavy atom. The number of aromatic nitrogens is 5. The van der Waals surface area contributed by atoms with E-state index in [4.69, 9.17) is 5.11 Å². The molecule has 1 aliphatic rings. The van der Waals surface area contributed by atoms with Crippen LogP contribution in [0.4, 0.5) is 5.82 Å². The van der Waals surface area contributed by atoms with Gasteiger partial charge in [0.1, 0.15) is 6.54 Å². The molecule has 1 saturated carbocycles. The van der Waals surface area contributed by atoms with Crippen LogP contribution in [0.25, 0.3) is 5.65 Å². The minimum Gasteiger partial charge on any atom is -0.480 e. The second kappa shape index (κ2) is 3.65. The lowest BCUT2D eigenvalue weighted by molar-refractivity contribution is -0.135. The number of fused-ring (bicyclic) bond motifs is 1. The van der Waals surface area contributed by atoms with Gasteiger partial charge in [-0.1, -0.05) is 0 Å². The number of carboxylic acids is 1. The molecule has 0 atom stereocenters. The molecule has 8 heteroatoms. The van der Waals surface area contributed by atoms with E-state index in [2.05, 4.69) is 20.6 Å². The Bertz CT molecular complexity index is 563. The maximum absolute atomic E-state index is 10.8. The van der Waals surface area contributed by atoms with E-state index in [0.717, 1.165) is 12.8 Å². The fourth-order valence-corrected chi connectivity index (χ4v) is 1.72. The maximum atomic E-state index is 10.8. The van der Waals surface area contributed by atoms with E-state index in [-0.39, 0.29) is 12.6 Å². The zero-order chi connectivity index (χ0) is 11.8. The van der Waals surface area contributed by atoms with Crippen LogP contribution >= 0.6 is 0 Å². The molecule has 0 amide bonds. The summed E-state index contributed by atoms with van der Waals surface area (Å²) < 4.78 is 1.30. The van der Waals surface area contributed by atoms with Crippen LogP contribution in [-0.4, -0.2) is 48.9 Å². The van der Waals surface area contributed by atoms with Crippen molar-refractivity contribution in [1.82, 2.24) is 25.3 Å². The SMILES string of the molecule is O=C(O)CN(c1ccc2nnnn2n1)C1CC1. The Labute approximate surface area is 95.8 Å². The van der Waals surface area contributed by atoms with Gasteiger partial charge in [-0.2, -0.15) is 0 Å². The molecule has 8 nitrogen and oxygen atoms in total. The number of hydrogen-bond donors (Lipinski definition) is 1. The fraction of sp³-hybridized carbons (Fsp3) is 0.444. The zero-order valence-corrected chi connectivity index (χ0v) is 8.89. The number of hydrogen-bond acceptors (Lipinski definition) is 6. The van der Waals surface area contributed by atoms with Crippen molar-refractivity contribution < 1.29 is 9.90 Å². The molecule has 0 bridgehead atoms. The summed E-state index contributed by atoms with van der Waals surface area (Å²) in [5.41, 5.74) is 0.542. The van der Waals surface area contributed by atoms with Crippen molar-refractivity contribution in [1.29, 1.82) is 0 Å². The van der Waals surface area contributed by atoms with Crippen LogP contribution in [0.15, 0.2) is 12.1 Å². The summed E-state index contributed by atoms with van der Waals surface area (Å²) in [5, 5.41) is 24.0. The molecule has 2 heterocycles. The van der Waals surface area contributed by atoms with Crippen LogP contribution < -0.4 is 4.90 Å². The molecule has 88 valence electrons. The monoisotopic (exact) mass is 234 g/mol. The molecule has 2 aromatic rings. The van der Waals surface area contributed by atoms with Crippen LogP contribution in [0.5, 0.6) is 0 Å². The average molecular weight is 234 g/mol. The first-order chi connectivity index (χ1) is 8.24. The van der Waals surface area contributed by atoms with Gasteiger partial charge in [0.2, 0.25) is 0 Å². The molecule has 2 aromatic heterocycles. The van der Waals surface area contributed by atoms with Crippen LogP contribution in [0.1, 0.15) is 12.8 Å². The lowest BCUT2D eigenvalue weighted by atomic mass is 10.4. The first-order valence-corrected chi connectivity index (χ1v) is 5.28. The largest absolute Gasteiger partial charge is 0.480 e. The van der Waals surface area contributed by atoms with Gasteiger partial charge in [-0.15, -0.1) is 14.8 Å². The lowest BCUT2D eigenvalue weighted by Gasteiger charge is -2.20. The standard InChI is InChI=1S/C9H10N6O2/c16-9(17)5-14(6-1-2-6)8-4-3-7-10-12-13-15(7)11-8/h3-4,6H,1-2,5H2,(H,16,17). The number of anilines is 1. The molecule has 17 heavy (non-hydrogen) atoms. The summed E-state index contributed by atoms with van der Waals surface area (Å²) in [4.78, 5) is 12.6. The van der Waals surface area contributed by atoms with Crippen LogP contribution in [0.2, 0.25) is 0 Å². The first kappa shape index (κ1) is 9.94. The van der Waals surface area contributed by atoms with E-state index in [9.17, 15) is 4.79 Å². The summed E-state index contributed by atoms with van der Waals surface area (Å²) in [7, 11) is 0. The third-order valence-electron chi connectivity index (χ3n) is 2.64. The number of carbonyl (C=O) groups is 1. The van der Waals surface area contributed by atoms with E-state index in [0.29, 0.717) is 11.5 Å². The third-order valence-corrected chi connectivity index (χ3v) is 2.64. The molecule has 1 aliphatic carbocycles. The highest BCUT2D eigenvalue weighted by atomic mass is 16.4. The number of nitrogens with zero attached hydrogens (tertiary/aromatic N) is 6. The normalized spacial score (nSPS) is 15.1. The summed E-state index contributed by atoms with van der Waals surface area (Å²) in [6.07, 6.45) is 2.01. The van der Waals surface area contributed by atoms with Gasteiger partial charge in [-0.25, -0.2) is 0 Å². The Morgan fingerprint density at radius 1 is 1.53 bits per heavy atom. The molecular formula is C9H10N6O2. The quantitative estimate of drug-likeness (QED) is 0.766. The first-order valence-electron chi connectivity index (χ1n) is 5.28. The van der Waals surface area contributed by atoms with E-state index >= 15 is 0 Å². The van der Waals surface area contributed by atoms with Crippen molar-refractivity contribution in [2.24, 2.45) is 0 Å². The molecule has 0 aliphatic heterocycles. The minimum atomic E-state index is -0.865. The Morgan fingerprint density at radius 3 is 3.06 bits per heavy atom. The van der Waals surface area contributed by atoms with Crippen molar-refractivity contribution in [3.8, 4) is 0 Å². The molecule has 0 unspecified atom stereocenters. The highest BCUT2D eigenvalue weighted by Gasteiger charge is 2.31. The summed E-state index contributed by atoms with van der Waals surface area (Å²) in [6, 6.07) is 3.74. The van der Waals surface area contributed by atoms with Crippen molar-refractivity contribution in [2.45, 2.75) is 18.9 Å². The van der Waals surface area contributed by atoms with Crippen molar-refractivity contribution >= 4 is 17.4 Å². The molecule has 0 radical (unpaired) electrons. The average Bonchev–Trinajstić information content (AvgIpc) is 3.03. The number of rotatable bonds is 4. The predicted molar refractivity (Wildman–Crippen MR) is 56.6 cm³/mol. The van der Waals surface area contributed by atoms with Crippen molar-refractivity contribution in [3.05, 3.63) is 12.1 Å². The molecule has 0 aromatic carbocycles. The zero-order valence-electron chi connectivity index (χ0n) is 8.89. The number of aliphatic carboxylic acids is 1. The van der Waals surface area contributed by atoms with Crippen molar-refractivity contribution in [3.63, 3.8) is 0 Å². The van der Waals surface area contributed by atoms with E-state index in [1.54, 1.807) is 17.0 Å². The van der Waals surface area contributed by atoms with Gasteiger partial charge >= 0.3 is 5.97 Å². The van der Waals surface area contributed by atoms with Crippen LogP contribution in [0.3, 0.4) is 0 Å². The second-order valence-electron chi connectivity index (χ2n) is 3.97. The van der Waals surface area contributed by atoms with E-state index in [1.165, 1.54) is 4.63 Å². The Hall–Kier alpha value is -2.25. The fourth-order valence-electron chi connectivity index (χ4n) is 1.72. The Balaban J connectivity index is 1.95. The molecule has 0 saturated heterocycles. The van der Waals surface area contributed by atoms with Crippen LogP contribution in [-0.2, 0) is 4.79 Å². The van der Waals surface area contributed by atoms with Gasteiger partial charge in [-0.05, 0) is 35.4 Å². The molecule has 1 fully saturated rings. The van der Waals surface area contributed by atoms with Gasteiger partial charge in [0, 0.05) is 6.04 Å². The molecule has 3 rings (SSSR count). The molecule has 0 spiro atoms. The van der Waals surface area contributed by atoms with Gasteiger partial charge < -0.3 is 10.0 Å². The predicted octanol–water partition coefficient (Wildman–Crippen LogP) is -0.427. The van der Waals surface area contributed by atoms with Gasteiger partial charge in [-0.3, -0.25) is 4.79 Å². The number of carboxylic acid groups (broad SMARTS) is 1. The van der Waals surface area contributed by atoms with Crippen LogP contribution in [0, 0.1) is 0 Å². The highest BCUT2D eigenvalue weighted by molar-refractivity contribution is 5.73. The topological polar surface area (TPSA) is 96.5 Å². The van der Waals surface area contributed by atoms with Crippen molar-refractivity contribution in [2.75, 3.05) is 11.4 Å². The van der Waals surface area contributed by atoms with Gasteiger partial charge in [0.15, 0.2) is 11.5 Å². The van der Waals surface area contributed by atoms with E-state index < -0.39 is 5.97 Å².